The lowest BCUT2D eigenvalue weighted by atomic mass is 9.96. The minimum atomic E-state index is 0.436. The smallest absolute Gasteiger partial charge is 0.0735 e. The van der Waals surface area contributed by atoms with Crippen molar-refractivity contribution in [2.24, 2.45) is 11.8 Å². The molecule has 0 spiro atoms. The molecule has 104 valence electrons. The lowest BCUT2D eigenvalue weighted by molar-refractivity contribution is -0.0597. The van der Waals surface area contributed by atoms with Crippen molar-refractivity contribution in [3.05, 3.63) is 29.6 Å². The van der Waals surface area contributed by atoms with E-state index in [-0.39, 0.29) is 0 Å². The van der Waals surface area contributed by atoms with Crippen molar-refractivity contribution >= 4 is 0 Å². The number of nitrogens with zero attached hydrogens (tertiary/aromatic N) is 2. The van der Waals surface area contributed by atoms with E-state index in [2.05, 4.69) is 27.6 Å². The third kappa shape index (κ3) is 2.81. The van der Waals surface area contributed by atoms with Crippen LogP contribution in [0.15, 0.2) is 18.3 Å². The molecule has 1 aromatic rings. The largest absolute Gasteiger partial charge is 0.373 e. The van der Waals surface area contributed by atoms with E-state index in [1.807, 2.05) is 20.2 Å². The van der Waals surface area contributed by atoms with Crippen LogP contribution in [0.4, 0.5) is 0 Å². The normalized spacial score (nSPS) is 30.7. The quantitative estimate of drug-likeness (QED) is 0.896. The first-order chi connectivity index (χ1) is 9.26. The van der Waals surface area contributed by atoms with Gasteiger partial charge in [-0.1, -0.05) is 6.07 Å². The van der Waals surface area contributed by atoms with Crippen LogP contribution in [-0.2, 0) is 11.3 Å². The first-order valence-corrected chi connectivity index (χ1v) is 7.21. The van der Waals surface area contributed by atoms with E-state index in [0.29, 0.717) is 24.5 Å². The van der Waals surface area contributed by atoms with Gasteiger partial charge in [-0.3, -0.25) is 10.4 Å². The maximum absolute atomic E-state index is 6.19. The molecular weight excluding hydrogens is 238 g/mol. The minimum absolute atomic E-state index is 0.436. The molecule has 1 aromatic heterocycles. The average Bonchev–Trinajstić information content (AvgIpc) is 2.67. The number of nitrogens with one attached hydrogen (secondary N) is 1. The van der Waals surface area contributed by atoms with E-state index in [4.69, 9.17) is 4.74 Å². The van der Waals surface area contributed by atoms with E-state index in [1.165, 1.54) is 18.4 Å². The van der Waals surface area contributed by atoms with Gasteiger partial charge in [0.05, 0.1) is 12.7 Å². The maximum atomic E-state index is 6.19. The second-order valence-electron chi connectivity index (χ2n) is 5.81. The van der Waals surface area contributed by atoms with Crippen molar-refractivity contribution in [2.75, 3.05) is 20.1 Å². The molecule has 3 atom stereocenters. The van der Waals surface area contributed by atoms with Gasteiger partial charge in [-0.2, -0.15) is 0 Å². The van der Waals surface area contributed by atoms with Gasteiger partial charge in [0.15, 0.2) is 0 Å². The second-order valence-corrected chi connectivity index (χ2v) is 5.81. The summed E-state index contributed by atoms with van der Waals surface area (Å²) in [5, 5.41) is 2.33. The first kappa shape index (κ1) is 13.0. The van der Waals surface area contributed by atoms with Crippen LogP contribution < -0.4 is 5.43 Å². The van der Waals surface area contributed by atoms with E-state index < -0.39 is 0 Å². The van der Waals surface area contributed by atoms with Crippen molar-refractivity contribution < 1.29 is 4.74 Å². The van der Waals surface area contributed by atoms with Crippen LogP contribution in [0.1, 0.15) is 24.1 Å². The van der Waals surface area contributed by atoms with Gasteiger partial charge in [-0.15, -0.1) is 0 Å². The van der Waals surface area contributed by atoms with Gasteiger partial charge in [0.2, 0.25) is 0 Å². The summed E-state index contributed by atoms with van der Waals surface area (Å²) in [6.45, 7) is 4.94. The van der Waals surface area contributed by atoms with Crippen molar-refractivity contribution in [2.45, 2.75) is 32.5 Å². The zero-order chi connectivity index (χ0) is 13.2. The van der Waals surface area contributed by atoms with Crippen molar-refractivity contribution in [3.63, 3.8) is 0 Å². The van der Waals surface area contributed by atoms with E-state index >= 15 is 0 Å². The molecule has 0 aromatic carbocycles. The molecular formula is C15H23N3O. The predicted octanol–water partition coefficient (Wildman–Crippen LogP) is 1.75. The monoisotopic (exact) mass is 261 g/mol. The average molecular weight is 261 g/mol. The Bertz CT molecular complexity index is 406. The summed E-state index contributed by atoms with van der Waals surface area (Å²) >= 11 is 0. The lowest BCUT2D eigenvalue weighted by Gasteiger charge is -2.37. The lowest BCUT2D eigenvalue weighted by Crippen LogP contribution is -2.50. The summed E-state index contributed by atoms with van der Waals surface area (Å²) in [6, 6.07) is 4.17. The fourth-order valence-electron chi connectivity index (χ4n) is 3.40. The standard InChI is InChI=1S/C15H23N3O/c1-11-3-4-12(7-17-11)10-19-15-13-5-6-14(15)9-18(8-13)16-2/h3-4,7,13-16H,5-6,8-10H2,1-2H3/t13-,14+,15?. The zero-order valence-electron chi connectivity index (χ0n) is 11.8. The van der Waals surface area contributed by atoms with Gasteiger partial charge in [-0.25, -0.2) is 5.01 Å². The molecule has 2 heterocycles. The number of aromatic nitrogens is 1. The Hall–Kier alpha value is -0.970. The second kappa shape index (κ2) is 5.57. The third-order valence-electron chi connectivity index (χ3n) is 4.48. The van der Waals surface area contributed by atoms with Gasteiger partial charge < -0.3 is 4.74 Å². The molecule has 2 aliphatic rings. The minimum Gasteiger partial charge on any atom is -0.373 e. The van der Waals surface area contributed by atoms with Crippen LogP contribution in [0, 0.1) is 18.8 Å². The highest BCUT2D eigenvalue weighted by Gasteiger charge is 2.42. The highest BCUT2D eigenvalue weighted by molar-refractivity contribution is 5.12. The Labute approximate surface area is 115 Å². The van der Waals surface area contributed by atoms with Crippen molar-refractivity contribution in [1.82, 2.24) is 15.4 Å². The number of rotatable bonds is 4. The van der Waals surface area contributed by atoms with Crippen molar-refractivity contribution in [1.29, 1.82) is 0 Å². The number of hydrogen-bond donors (Lipinski definition) is 1. The molecule has 4 heteroatoms. The summed E-state index contributed by atoms with van der Waals surface area (Å²) in [7, 11) is 2.01. The highest BCUT2D eigenvalue weighted by Crippen LogP contribution is 2.38. The predicted molar refractivity (Wildman–Crippen MR) is 74.4 cm³/mol. The third-order valence-corrected chi connectivity index (χ3v) is 4.48. The molecule has 1 saturated heterocycles. The Morgan fingerprint density at radius 2 is 2.05 bits per heavy atom. The van der Waals surface area contributed by atoms with Crippen LogP contribution in [0.5, 0.6) is 0 Å². The van der Waals surface area contributed by atoms with Gasteiger partial charge >= 0.3 is 0 Å². The van der Waals surface area contributed by atoms with Crippen molar-refractivity contribution in [3.8, 4) is 0 Å². The highest BCUT2D eigenvalue weighted by atomic mass is 16.5. The molecule has 0 amide bonds. The molecule has 1 saturated carbocycles. The first-order valence-electron chi connectivity index (χ1n) is 7.21. The Morgan fingerprint density at radius 3 is 2.63 bits per heavy atom. The van der Waals surface area contributed by atoms with E-state index in [9.17, 15) is 0 Å². The number of hydrazine groups is 1. The summed E-state index contributed by atoms with van der Waals surface area (Å²) in [5.74, 6) is 1.37. The number of fused-ring (bicyclic) bond motifs is 2. The maximum Gasteiger partial charge on any atom is 0.0735 e. The molecule has 1 aliphatic carbocycles. The van der Waals surface area contributed by atoms with Crippen LogP contribution in [0.25, 0.3) is 0 Å². The number of ether oxygens (including phenoxy) is 1. The number of piperidine rings is 1. The Kier molecular flexibility index (Phi) is 3.82. The van der Waals surface area contributed by atoms with Gasteiger partial charge in [0.25, 0.3) is 0 Å². The van der Waals surface area contributed by atoms with Gasteiger partial charge in [0.1, 0.15) is 0 Å². The molecule has 1 unspecified atom stereocenters. The summed E-state index contributed by atoms with van der Waals surface area (Å²) < 4.78 is 6.19. The summed E-state index contributed by atoms with van der Waals surface area (Å²) in [6.07, 6.45) is 4.98. The van der Waals surface area contributed by atoms with Gasteiger partial charge in [0, 0.05) is 25.0 Å². The van der Waals surface area contributed by atoms with E-state index in [1.54, 1.807) is 0 Å². The molecule has 1 N–H and O–H groups in total. The molecule has 4 nitrogen and oxygen atoms in total. The fourth-order valence-corrected chi connectivity index (χ4v) is 3.40. The molecule has 2 fully saturated rings. The van der Waals surface area contributed by atoms with Crippen LogP contribution in [-0.4, -0.2) is 36.2 Å². The van der Waals surface area contributed by atoms with Crippen LogP contribution in [0.2, 0.25) is 0 Å². The fraction of sp³-hybridized carbons (Fsp3) is 0.667. The SMILES string of the molecule is CNN1C[C@H]2CC[C@@H](C1)C2OCc1ccc(C)nc1. The van der Waals surface area contributed by atoms with Gasteiger partial charge in [-0.05, 0) is 50.3 Å². The van der Waals surface area contributed by atoms with Crippen LogP contribution in [0.3, 0.4) is 0 Å². The Balaban J connectivity index is 1.58. The molecule has 19 heavy (non-hydrogen) atoms. The number of aryl methyl sites for hydroxylation is 1. The van der Waals surface area contributed by atoms with E-state index in [0.717, 1.165) is 18.8 Å². The molecule has 2 bridgehead atoms. The topological polar surface area (TPSA) is 37.4 Å². The summed E-state index contributed by atoms with van der Waals surface area (Å²) in [4.78, 5) is 4.32. The molecule has 0 radical (unpaired) electrons. The number of hydrogen-bond acceptors (Lipinski definition) is 4. The summed E-state index contributed by atoms with van der Waals surface area (Å²) in [5.41, 5.74) is 5.52. The zero-order valence-corrected chi connectivity index (χ0v) is 11.8. The van der Waals surface area contributed by atoms with Crippen LogP contribution >= 0.6 is 0 Å². The molecule has 1 aliphatic heterocycles. The Morgan fingerprint density at radius 1 is 1.32 bits per heavy atom. The number of pyridine rings is 1. The molecule has 3 rings (SSSR count).